The highest BCUT2D eigenvalue weighted by molar-refractivity contribution is 7.90. The zero-order valence-electron chi connectivity index (χ0n) is 12.9. The van der Waals surface area contributed by atoms with Gasteiger partial charge in [0.1, 0.15) is 19.0 Å². The van der Waals surface area contributed by atoms with E-state index in [1.54, 1.807) is 6.07 Å². The number of ether oxygens (including phenoxy) is 2. The highest BCUT2D eigenvalue weighted by Gasteiger charge is 2.20. The van der Waals surface area contributed by atoms with Crippen molar-refractivity contribution >= 4 is 22.0 Å². The molecule has 0 fully saturated rings. The number of amides is 1. The molecule has 1 amide bonds. The average Bonchev–Trinajstić information content (AvgIpc) is 2.60. The third-order valence-electron chi connectivity index (χ3n) is 3.38. The van der Waals surface area contributed by atoms with E-state index in [1.165, 1.54) is 42.5 Å². The number of benzene rings is 2. The molecule has 25 heavy (non-hydrogen) atoms. The van der Waals surface area contributed by atoms with Crippen LogP contribution in [0.2, 0.25) is 0 Å². The number of fused-ring (bicyclic) bond motifs is 1. The van der Waals surface area contributed by atoms with Crippen LogP contribution in [0.25, 0.3) is 6.08 Å². The van der Waals surface area contributed by atoms with Crippen LogP contribution in [0.1, 0.15) is 5.56 Å². The Balaban J connectivity index is 1.75. The molecule has 0 aliphatic carbocycles. The van der Waals surface area contributed by atoms with Gasteiger partial charge in [0.05, 0.1) is 4.90 Å². The van der Waals surface area contributed by atoms with Gasteiger partial charge in [0.15, 0.2) is 11.5 Å². The zero-order chi connectivity index (χ0) is 17.9. The molecule has 0 saturated carbocycles. The molecule has 130 valence electrons. The van der Waals surface area contributed by atoms with Crippen molar-refractivity contribution in [2.45, 2.75) is 4.90 Å². The molecule has 1 heterocycles. The lowest BCUT2D eigenvalue weighted by Gasteiger charge is -2.18. The van der Waals surface area contributed by atoms with Crippen LogP contribution in [0.3, 0.4) is 0 Å². The third-order valence-corrected chi connectivity index (χ3v) is 4.72. The summed E-state index contributed by atoms with van der Waals surface area (Å²) in [5, 5.41) is 0. The summed E-state index contributed by atoms with van der Waals surface area (Å²) in [5.74, 6) is -0.668. The van der Waals surface area contributed by atoms with Crippen molar-refractivity contribution in [2.24, 2.45) is 0 Å². The Morgan fingerprint density at radius 3 is 2.56 bits per heavy atom. The van der Waals surface area contributed by atoms with Crippen LogP contribution in [-0.2, 0) is 14.8 Å². The van der Waals surface area contributed by atoms with Crippen LogP contribution in [-0.4, -0.2) is 27.5 Å². The maximum Gasteiger partial charge on any atom is 0.264 e. The summed E-state index contributed by atoms with van der Waals surface area (Å²) in [7, 11) is -4.09. The molecule has 0 unspecified atom stereocenters. The highest BCUT2D eigenvalue weighted by Crippen LogP contribution is 2.32. The lowest BCUT2D eigenvalue weighted by molar-refractivity contribution is -0.114. The second-order valence-corrected chi connectivity index (χ2v) is 6.81. The Kier molecular flexibility index (Phi) is 4.71. The number of sulfonamides is 1. The molecule has 0 radical (unpaired) electrons. The number of rotatable bonds is 4. The summed E-state index contributed by atoms with van der Waals surface area (Å²) in [5.41, 5.74) is 0.175. The molecule has 1 aliphatic rings. The van der Waals surface area contributed by atoms with E-state index in [1.807, 2.05) is 4.72 Å². The molecule has 0 saturated heterocycles. The zero-order valence-corrected chi connectivity index (χ0v) is 13.8. The Bertz CT molecular complexity index is 940. The van der Waals surface area contributed by atoms with Crippen LogP contribution in [0.15, 0.2) is 53.4 Å². The van der Waals surface area contributed by atoms with Crippen molar-refractivity contribution in [1.29, 1.82) is 0 Å². The van der Waals surface area contributed by atoms with Crippen molar-refractivity contribution in [3.05, 3.63) is 59.9 Å². The molecule has 2 aromatic rings. The Morgan fingerprint density at radius 1 is 1.08 bits per heavy atom. The minimum absolute atomic E-state index is 0.135. The molecule has 0 bridgehead atoms. The van der Waals surface area contributed by atoms with Gasteiger partial charge in [-0.1, -0.05) is 18.2 Å². The smallest absolute Gasteiger partial charge is 0.264 e. The fraction of sp³-hybridized carbons (Fsp3) is 0.118. The number of hydrogen-bond acceptors (Lipinski definition) is 5. The SMILES string of the molecule is O=C(C=Cc1ccccc1F)NS(=O)(=O)c1ccc2c(c1)OCCO2. The van der Waals surface area contributed by atoms with Crippen molar-refractivity contribution in [1.82, 2.24) is 4.72 Å². The predicted octanol–water partition coefficient (Wildman–Crippen LogP) is 2.12. The van der Waals surface area contributed by atoms with E-state index in [-0.39, 0.29) is 10.5 Å². The first-order valence-electron chi connectivity index (χ1n) is 7.35. The monoisotopic (exact) mass is 363 g/mol. The number of halogens is 1. The summed E-state index contributed by atoms with van der Waals surface area (Å²) in [6, 6.07) is 9.88. The molecule has 0 spiro atoms. The molecule has 0 aromatic heterocycles. The normalized spacial score (nSPS) is 13.6. The van der Waals surface area contributed by atoms with E-state index in [4.69, 9.17) is 9.47 Å². The predicted molar refractivity (Wildman–Crippen MR) is 88.2 cm³/mol. The fourth-order valence-corrected chi connectivity index (χ4v) is 3.15. The lowest BCUT2D eigenvalue weighted by Crippen LogP contribution is -2.29. The van der Waals surface area contributed by atoms with Crippen LogP contribution >= 0.6 is 0 Å². The summed E-state index contributed by atoms with van der Waals surface area (Å²) >= 11 is 0. The van der Waals surface area contributed by atoms with E-state index in [2.05, 4.69) is 0 Å². The van der Waals surface area contributed by atoms with Crippen LogP contribution in [0.5, 0.6) is 11.5 Å². The Hall–Kier alpha value is -2.87. The van der Waals surface area contributed by atoms with Gasteiger partial charge < -0.3 is 9.47 Å². The molecular formula is C17H14FNO5S. The maximum absolute atomic E-state index is 13.5. The second kappa shape index (κ2) is 6.94. The Labute approximate surface area is 143 Å². The average molecular weight is 363 g/mol. The molecule has 8 heteroatoms. The maximum atomic E-state index is 13.5. The van der Waals surface area contributed by atoms with Crippen LogP contribution < -0.4 is 14.2 Å². The number of nitrogens with one attached hydrogen (secondary N) is 1. The molecule has 3 rings (SSSR count). The van der Waals surface area contributed by atoms with Gasteiger partial charge in [0.25, 0.3) is 15.9 Å². The van der Waals surface area contributed by atoms with Gasteiger partial charge in [0, 0.05) is 17.7 Å². The first kappa shape index (κ1) is 17.0. The van der Waals surface area contributed by atoms with Crippen molar-refractivity contribution < 1.29 is 27.1 Å². The van der Waals surface area contributed by atoms with E-state index < -0.39 is 21.7 Å². The van der Waals surface area contributed by atoms with E-state index in [0.29, 0.717) is 24.7 Å². The third kappa shape index (κ3) is 3.97. The quantitative estimate of drug-likeness (QED) is 0.842. The fourth-order valence-electron chi connectivity index (χ4n) is 2.19. The molecule has 6 nitrogen and oxygen atoms in total. The van der Waals surface area contributed by atoms with E-state index in [9.17, 15) is 17.6 Å². The van der Waals surface area contributed by atoms with Crippen molar-refractivity contribution in [2.75, 3.05) is 13.2 Å². The van der Waals surface area contributed by atoms with Gasteiger partial charge in [-0.2, -0.15) is 0 Å². The van der Waals surface area contributed by atoms with Gasteiger partial charge in [-0.05, 0) is 24.3 Å². The van der Waals surface area contributed by atoms with Crippen LogP contribution in [0, 0.1) is 5.82 Å². The Morgan fingerprint density at radius 2 is 1.80 bits per heavy atom. The molecule has 0 atom stereocenters. The van der Waals surface area contributed by atoms with Gasteiger partial charge in [-0.3, -0.25) is 4.79 Å². The number of carbonyl (C=O) groups is 1. The number of carbonyl (C=O) groups excluding carboxylic acids is 1. The minimum atomic E-state index is -4.09. The van der Waals surface area contributed by atoms with Crippen LogP contribution in [0.4, 0.5) is 4.39 Å². The van der Waals surface area contributed by atoms with Gasteiger partial charge in [-0.15, -0.1) is 0 Å². The summed E-state index contributed by atoms with van der Waals surface area (Å²) in [4.78, 5) is 11.7. The molecule has 2 aromatic carbocycles. The van der Waals surface area contributed by atoms with E-state index >= 15 is 0 Å². The first-order valence-corrected chi connectivity index (χ1v) is 8.83. The van der Waals surface area contributed by atoms with Gasteiger partial charge >= 0.3 is 0 Å². The second-order valence-electron chi connectivity index (χ2n) is 5.13. The highest BCUT2D eigenvalue weighted by atomic mass is 32.2. The van der Waals surface area contributed by atoms with E-state index in [0.717, 1.165) is 6.08 Å². The first-order chi connectivity index (χ1) is 12.0. The topological polar surface area (TPSA) is 81.7 Å². The summed E-state index contributed by atoms with van der Waals surface area (Å²) in [6.45, 7) is 0.699. The molecule has 1 N–H and O–H groups in total. The standard InChI is InChI=1S/C17H14FNO5S/c18-14-4-2-1-3-12(14)5-8-17(20)19-25(21,22)13-6-7-15-16(11-13)24-10-9-23-15/h1-8,11H,9-10H2,(H,19,20). The molecular weight excluding hydrogens is 349 g/mol. The minimum Gasteiger partial charge on any atom is -0.486 e. The van der Waals surface area contributed by atoms with Crippen molar-refractivity contribution in [3.63, 3.8) is 0 Å². The lowest BCUT2D eigenvalue weighted by atomic mass is 10.2. The van der Waals surface area contributed by atoms with Gasteiger partial charge in [0.2, 0.25) is 0 Å². The van der Waals surface area contributed by atoms with Crippen molar-refractivity contribution in [3.8, 4) is 11.5 Å². The summed E-state index contributed by atoms with van der Waals surface area (Å²) < 4.78 is 50.6. The summed E-state index contributed by atoms with van der Waals surface area (Å²) in [6.07, 6.45) is 2.15. The largest absolute Gasteiger partial charge is 0.486 e. The van der Waals surface area contributed by atoms with Gasteiger partial charge in [-0.25, -0.2) is 17.5 Å². The molecule has 1 aliphatic heterocycles. The number of hydrogen-bond donors (Lipinski definition) is 1.